The number of cyclic esters (lactones) is 2. The molecule has 7 nitrogen and oxygen atoms in total. The van der Waals surface area contributed by atoms with Crippen molar-refractivity contribution in [3.63, 3.8) is 0 Å². The van der Waals surface area contributed by atoms with Crippen LogP contribution in [0, 0.1) is 0 Å². The summed E-state index contributed by atoms with van der Waals surface area (Å²) in [6.45, 7) is -0.267. The van der Waals surface area contributed by atoms with Crippen LogP contribution in [-0.2, 0) is 19.0 Å². The van der Waals surface area contributed by atoms with Crippen LogP contribution in [0.25, 0.3) is 25.1 Å². The van der Waals surface area contributed by atoms with E-state index in [4.69, 9.17) is 18.9 Å². The number of benzene rings is 4. The molecule has 1 atom stereocenters. The van der Waals surface area contributed by atoms with Crippen molar-refractivity contribution < 1.29 is 33.3 Å². The molecular weight excluding hydrogens is 504 g/mol. The van der Waals surface area contributed by atoms with Crippen LogP contribution < -0.4 is 9.47 Å². The number of carbonyl (C=O) groups excluding carboxylic acids is 2. The van der Waals surface area contributed by atoms with Gasteiger partial charge in [0.1, 0.15) is 30.5 Å². The zero-order valence-electron chi connectivity index (χ0n) is 20.2. The molecule has 5 aromatic rings. The van der Waals surface area contributed by atoms with Gasteiger partial charge in [-0.3, -0.25) is 0 Å². The number of ether oxygens (including phenoxy) is 5. The first kappa shape index (κ1) is 23.8. The molecule has 0 saturated carbocycles. The molecular formula is C30H23O7S+. The third kappa shape index (κ3) is 4.99. The molecule has 0 bridgehead atoms. The summed E-state index contributed by atoms with van der Waals surface area (Å²) in [6, 6.07) is 32.4. The Balaban J connectivity index is 1.08. The van der Waals surface area contributed by atoms with Gasteiger partial charge in [-0.25, -0.2) is 9.59 Å². The summed E-state index contributed by atoms with van der Waals surface area (Å²) in [5.74, 6) is 1.31. The van der Waals surface area contributed by atoms with Crippen LogP contribution in [0.4, 0.5) is 4.79 Å². The lowest BCUT2D eigenvalue weighted by molar-refractivity contribution is -0.148. The fourth-order valence-electron chi connectivity index (χ4n) is 4.31. The summed E-state index contributed by atoms with van der Waals surface area (Å²) in [5, 5.41) is 2.60. The third-order valence-electron chi connectivity index (χ3n) is 6.06. The summed E-state index contributed by atoms with van der Waals surface area (Å²) in [5.41, 5.74) is 0. The lowest BCUT2D eigenvalue weighted by Crippen LogP contribution is -2.23. The first-order chi connectivity index (χ1) is 18.6. The van der Waals surface area contributed by atoms with E-state index < -0.39 is 18.2 Å². The average Bonchev–Trinajstić information content (AvgIpc) is 3.53. The van der Waals surface area contributed by atoms with E-state index in [1.54, 1.807) is 24.3 Å². The highest BCUT2D eigenvalue weighted by atomic mass is 32.2. The van der Waals surface area contributed by atoms with Crippen molar-refractivity contribution in [2.24, 2.45) is 0 Å². The Hall–Kier alpha value is -4.56. The van der Waals surface area contributed by atoms with Gasteiger partial charge in [0.25, 0.3) is 0 Å². The van der Waals surface area contributed by atoms with Crippen LogP contribution in [0.1, 0.15) is 0 Å². The molecule has 1 aromatic heterocycles. The SMILES string of the molecule is O=C(COc1ccc(Oc2ccc(-[s+]3c4ccccc4c4ccccc43)cc2)cc1)OCC1COC(=O)O1. The van der Waals surface area contributed by atoms with Crippen molar-refractivity contribution >= 4 is 42.8 Å². The molecule has 0 aliphatic carbocycles. The Kier molecular flexibility index (Phi) is 6.54. The highest BCUT2D eigenvalue weighted by molar-refractivity contribution is 7.50. The molecule has 6 rings (SSSR count). The molecule has 0 N–H and O–H groups in total. The van der Waals surface area contributed by atoms with Crippen molar-refractivity contribution in [2.45, 2.75) is 6.10 Å². The molecule has 2 heterocycles. The maximum atomic E-state index is 11.9. The zero-order chi connectivity index (χ0) is 25.9. The van der Waals surface area contributed by atoms with Gasteiger partial charge in [0.2, 0.25) is 0 Å². The molecule has 38 heavy (non-hydrogen) atoms. The fourth-order valence-corrected chi connectivity index (χ4v) is 6.69. The second-order valence-electron chi connectivity index (χ2n) is 8.62. The minimum Gasteiger partial charge on any atom is -0.482 e. The number of rotatable bonds is 8. The summed E-state index contributed by atoms with van der Waals surface area (Å²) in [7, 11) is -0.147. The number of hydrogen-bond donors (Lipinski definition) is 0. The van der Waals surface area contributed by atoms with Crippen molar-refractivity contribution in [1.29, 1.82) is 0 Å². The minimum atomic E-state index is -0.758. The van der Waals surface area contributed by atoms with Gasteiger partial charge in [-0.1, -0.05) is 24.3 Å². The van der Waals surface area contributed by atoms with Gasteiger partial charge < -0.3 is 23.7 Å². The Morgan fingerprint density at radius 2 is 1.37 bits per heavy atom. The van der Waals surface area contributed by atoms with Crippen molar-refractivity contribution in [1.82, 2.24) is 0 Å². The molecule has 0 spiro atoms. The van der Waals surface area contributed by atoms with Gasteiger partial charge in [0.15, 0.2) is 27.0 Å². The average molecular weight is 528 g/mol. The summed E-state index contributed by atoms with van der Waals surface area (Å²) in [4.78, 5) is 24.0. The van der Waals surface area contributed by atoms with Crippen molar-refractivity contribution in [2.75, 3.05) is 19.8 Å². The molecule has 1 unspecified atom stereocenters. The number of hydrogen-bond acceptors (Lipinski definition) is 7. The van der Waals surface area contributed by atoms with Gasteiger partial charge in [0.05, 0.1) is 0 Å². The topological polar surface area (TPSA) is 80.3 Å². The predicted molar refractivity (Wildman–Crippen MR) is 144 cm³/mol. The van der Waals surface area contributed by atoms with Gasteiger partial charge in [-0.15, -0.1) is 0 Å². The first-order valence-corrected chi connectivity index (χ1v) is 13.3. The number of carbonyl (C=O) groups is 2. The highest BCUT2D eigenvalue weighted by Crippen LogP contribution is 2.48. The van der Waals surface area contributed by atoms with Crippen molar-refractivity contribution in [3.8, 4) is 22.1 Å². The van der Waals surface area contributed by atoms with E-state index in [-0.39, 0.29) is 30.3 Å². The number of fused-ring (bicyclic) bond motifs is 3. The van der Waals surface area contributed by atoms with Crippen molar-refractivity contribution in [3.05, 3.63) is 97.1 Å². The molecule has 0 amide bonds. The standard InChI is InChI=1S/C30H23O7S/c31-29(34-17-23-18-35-30(32)37-23)19-33-20-9-11-21(12-10-20)36-22-13-15-24(16-14-22)38-27-7-3-1-5-25(27)26-6-2-4-8-28(26)38/h1-16,23H,17-19H2/q+1. The normalized spacial score (nSPS) is 14.7. The summed E-state index contributed by atoms with van der Waals surface area (Å²) in [6.07, 6.45) is -1.34. The van der Waals surface area contributed by atoms with Gasteiger partial charge >= 0.3 is 12.1 Å². The number of esters is 1. The lowest BCUT2D eigenvalue weighted by atomic mass is 10.2. The van der Waals surface area contributed by atoms with E-state index in [9.17, 15) is 9.59 Å². The smallest absolute Gasteiger partial charge is 0.482 e. The van der Waals surface area contributed by atoms with Crippen LogP contribution in [0.2, 0.25) is 0 Å². The number of thiophene rings is 1. The largest absolute Gasteiger partial charge is 0.508 e. The Morgan fingerprint density at radius 3 is 1.97 bits per heavy atom. The first-order valence-electron chi connectivity index (χ1n) is 12.1. The van der Waals surface area contributed by atoms with E-state index in [1.807, 2.05) is 12.1 Å². The van der Waals surface area contributed by atoms with E-state index in [0.29, 0.717) is 11.5 Å². The monoisotopic (exact) mass is 527 g/mol. The lowest BCUT2D eigenvalue weighted by Gasteiger charge is -2.10. The maximum absolute atomic E-state index is 11.9. The van der Waals surface area contributed by atoms with E-state index >= 15 is 0 Å². The van der Waals surface area contributed by atoms with Crippen LogP contribution in [0.15, 0.2) is 97.1 Å². The second kappa shape index (κ2) is 10.4. The van der Waals surface area contributed by atoms with Crippen LogP contribution in [0.3, 0.4) is 0 Å². The molecule has 1 saturated heterocycles. The summed E-state index contributed by atoms with van der Waals surface area (Å²) >= 11 is 0. The molecule has 0 radical (unpaired) electrons. The molecule has 8 heteroatoms. The molecule has 1 aliphatic rings. The zero-order valence-corrected chi connectivity index (χ0v) is 21.0. The predicted octanol–water partition coefficient (Wildman–Crippen LogP) is 6.98. The molecule has 4 aromatic carbocycles. The fraction of sp³-hybridized carbons (Fsp3) is 0.133. The van der Waals surface area contributed by atoms with Gasteiger partial charge in [-0.2, -0.15) is 0 Å². The maximum Gasteiger partial charge on any atom is 0.508 e. The van der Waals surface area contributed by atoms with E-state index in [0.717, 1.165) is 5.75 Å². The van der Waals surface area contributed by atoms with Crippen LogP contribution in [-0.4, -0.2) is 38.0 Å². The van der Waals surface area contributed by atoms with Crippen LogP contribution in [0.5, 0.6) is 17.2 Å². The molecule has 190 valence electrons. The second-order valence-corrected chi connectivity index (χ2v) is 10.6. The van der Waals surface area contributed by atoms with Crippen LogP contribution >= 0.6 is 10.5 Å². The quantitative estimate of drug-likeness (QED) is 0.159. The molecule has 1 fully saturated rings. The van der Waals surface area contributed by atoms with Gasteiger partial charge in [-0.05, 0) is 60.7 Å². The van der Waals surface area contributed by atoms with Gasteiger partial charge in [0, 0.05) is 33.4 Å². The third-order valence-corrected chi connectivity index (χ3v) is 8.40. The summed E-state index contributed by atoms with van der Waals surface area (Å²) < 4.78 is 28.7. The van der Waals surface area contributed by atoms with E-state index in [1.165, 1.54) is 25.1 Å². The molecule has 1 aliphatic heterocycles. The highest BCUT2D eigenvalue weighted by Gasteiger charge is 2.26. The Bertz CT molecular complexity index is 1550. The minimum absolute atomic E-state index is 0.0695. The Labute approximate surface area is 221 Å². The Morgan fingerprint density at radius 1 is 0.789 bits per heavy atom. The van der Waals surface area contributed by atoms with E-state index in [2.05, 4.69) is 65.4 Å².